The molecule has 114 valence electrons. The fourth-order valence-electron chi connectivity index (χ4n) is 1.64. The van der Waals surface area contributed by atoms with E-state index in [2.05, 4.69) is 9.71 Å². The molecule has 0 radical (unpaired) electrons. The minimum absolute atomic E-state index is 0.0851. The van der Waals surface area contributed by atoms with Crippen molar-refractivity contribution in [2.75, 3.05) is 19.8 Å². The molecule has 1 aromatic carbocycles. The number of rotatable bonds is 8. The monoisotopic (exact) mass is 328 g/mol. The van der Waals surface area contributed by atoms with Crippen LogP contribution in [0.15, 0.2) is 40.1 Å². The van der Waals surface area contributed by atoms with Crippen LogP contribution in [0.2, 0.25) is 0 Å². The van der Waals surface area contributed by atoms with Crippen LogP contribution < -0.4 is 9.46 Å². The molecule has 0 unspecified atom stereocenters. The summed E-state index contributed by atoms with van der Waals surface area (Å²) in [6, 6.07) is 6.06. The highest BCUT2D eigenvalue weighted by Gasteiger charge is 2.13. The van der Waals surface area contributed by atoms with Gasteiger partial charge in [0.1, 0.15) is 12.4 Å². The standard InChI is InChI=1S/C13H16N2O4S2/c16-7-8-19-12-1-3-13(4-2-12)21(17,18)15-6-5-11-9-20-10-14-11/h1-4,9-10,15-16H,5-8H2. The number of hydrogen-bond acceptors (Lipinski definition) is 6. The molecule has 2 N–H and O–H groups in total. The second kappa shape index (κ2) is 7.51. The molecule has 8 heteroatoms. The fourth-order valence-corrected chi connectivity index (χ4v) is 3.26. The number of aliphatic hydroxyl groups excluding tert-OH is 1. The Morgan fingerprint density at radius 2 is 2.05 bits per heavy atom. The number of nitrogens with zero attached hydrogens (tertiary/aromatic N) is 1. The van der Waals surface area contributed by atoms with Crippen molar-refractivity contribution in [3.8, 4) is 5.75 Å². The maximum Gasteiger partial charge on any atom is 0.240 e. The van der Waals surface area contributed by atoms with Crippen LogP contribution in [-0.4, -0.2) is 38.3 Å². The smallest absolute Gasteiger partial charge is 0.240 e. The summed E-state index contributed by atoms with van der Waals surface area (Å²) in [7, 11) is -3.53. The Labute approximate surface area is 127 Å². The molecule has 1 heterocycles. The van der Waals surface area contributed by atoms with E-state index in [1.807, 2.05) is 5.38 Å². The van der Waals surface area contributed by atoms with E-state index in [9.17, 15) is 8.42 Å². The predicted octanol–water partition coefficient (Wildman–Crippen LogP) is 1.04. The van der Waals surface area contributed by atoms with Crippen LogP contribution in [0.3, 0.4) is 0 Å². The average molecular weight is 328 g/mol. The molecule has 0 saturated carbocycles. The third-order valence-electron chi connectivity index (χ3n) is 2.65. The van der Waals surface area contributed by atoms with Gasteiger partial charge in [-0.25, -0.2) is 18.1 Å². The highest BCUT2D eigenvalue weighted by molar-refractivity contribution is 7.89. The topological polar surface area (TPSA) is 88.5 Å². The van der Waals surface area contributed by atoms with Gasteiger partial charge in [-0.05, 0) is 24.3 Å². The van der Waals surface area contributed by atoms with E-state index < -0.39 is 10.0 Å². The zero-order valence-electron chi connectivity index (χ0n) is 11.2. The molecule has 0 aliphatic rings. The quantitative estimate of drug-likeness (QED) is 0.756. The Morgan fingerprint density at radius 1 is 1.29 bits per heavy atom. The Kier molecular flexibility index (Phi) is 5.68. The third-order valence-corrected chi connectivity index (χ3v) is 4.76. The minimum Gasteiger partial charge on any atom is -0.491 e. The van der Waals surface area contributed by atoms with E-state index in [1.165, 1.54) is 23.5 Å². The molecule has 0 bridgehead atoms. The molecule has 21 heavy (non-hydrogen) atoms. The maximum atomic E-state index is 12.1. The second-order valence-electron chi connectivity index (χ2n) is 4.17. The van der Waals surface area contributed by atoms with Crippen molar-refractivity contribution >= 4 is 21.4 Å². The number of aliphatic hydroxyl groups is 1. The van der Waals surface area contributed by atoms with Crippen molar-refractivity contribution in [2.24, 2.45) is 0 Å². The zero-order chi connectivity index (χ0) is 15.1. The summed E-state index contributed by atoms with van der Waals surface area (Å²) in [5, 5.41) is 10.5. The van der Waals surface area contributed by atoms with E-state index in [4.69, 9.17) is 9.84 Å². The average Bonchev–Trinajstić information content (AvgIpc) is 2.98. The van der Waals surface area contributed by atoms with Crippen LogP contribution in [0.1, 0.15) is 5.69 Å². The van der Waals surface area contributed by atoms with Gasteiger partial charge >= 0.3 is 0 Å². The summed E-state index contributed by atoms with van der Waals surface area (Å²) in [6.07, 6.45) is 0.556. The first-order valence-electron chi connectivity index (χ1n) is 6.32. The van der Waals surface area contributed by atoms with Crippen molar-refractivity contribution in [3.05, 3.63) is 40.8 Å². The highest BCUT2D eigenvalue weighted by atomic mass is 32.2. The molecular formula is C13H16N2O4S2. The Hall–Kier alpha value is -1.48. The number of aromatic nitrogens is 1. The number of hydrogen-bond donors (Lipinski definition) is 2. The lowest BCUT2D eigenvalue weighted by atomic mass is 10.3. The van der Waals surface area contributed by atoms with Gasteiger partial charge in [-0.2, -0.15) is 0 Å². The van der Waals surface area contributed by atoms with Gasteiger partial charge in [0.15, 0.2) is 0 Å². The van der Waals surface area contributed by atoms with E-state index in [1.54, 1.807) is 17.6 Å². The van der Waals surface area contributed by atoms with Gasteiger partial charge in [0, 0.05) is 18.3 Å². The summed E-state index contributed by atoms with van der Waals surface area (Å²) in [5.74, 6) is 0.519. The predicted molar refractivity (Wildman–Crippen MR) is 80.0 cm³/mol. The highest BCUT2D eigenvalue weighted by Crippen LogP contribution is 2.15. The second-order valence-corrected chi connectivity index (χ2v) is 6.66. The van der Waals surface area contributed by atoms with Gasteiger partial charge in [0.05, 0.1) is 22.7 Å². The van der Waals surface area contributed by atoms with E-state index in [0.29, 0.717) is 18.7 Å². The first-order valence-corrected chi connectivity index (χ1v) is 8.75. The third kappa shape index (κ3) is 4.78. The summed E-state index contributed by atoms with van der Waals surface area (Å²) in [6.45, 7) is 0.394. The van der Waals surface area contributed by atoms with Gasteiger partial charge in [-0.1, -0.05) is 0 Å². The molecule has 1 aromatic heterocycles. The van der Waals surface area contributed by atoms with Crippen LogP contribution in [0.25, 0.3) is 0 Å². The number of benzene rings is 1. The molecule has 0 saturated heterocycles. The SMILES string of the molecule is O=S(=O)(NCCc1cscn1)c1ccc(OCCO)cc1. The minimum atomic E-state index is -3.53. The van der Waals surface area contributed by atoms with Crippen molar-refractivity contribution in [1.82, 2.24) is 9.71 Å². The van der Waals surface area contributed by atoms with Gasteiger partial charge in [-0.15, -0.1) is 11.3 Å². The maximum absolute atomic E-state index is 12.1. The molecule has 0 spiro atoms. The van der Waals surface area contributed by atoms with Crippen LogP contribution in [0.4, 0.5) is 0 Å². The molecule has 2 aromatic rings. The number of ether oxygens (including phenoxy) is 1. The van der Waals surface area contributed by atoms with Crippen LogP contribution in [0, 0.1) is 0 Å². The summed E-state index contributed by atoms with van der Waals surface area (Å²) in [4.78, 5) is 4.27. The van der Waals surface area contributed by atoms with Crippen molar-refractivity contribution < 1.29 is 18.3 Å². The Bertz CT molecular complexity index is 639. The van der Waals surface area contributed by atoms with E-state index in [-0.39, 0.29) is 18.1 Å². The Morgan fingerprint density at radius 3 is 2.67 bits per heavy atom. The largest absolute Gasteiger partial charge is 0.491 e. The number of nitrogens with one attached hydrogen (secondary N) is 1. The van der Waals surface area contributed by atoms with Gasteiger partial charge in [0.2, 0.25) is 10.0 Å². The van der Waals surface area contributed by atoms with Crippen LogP contribution >= 0.6 is 11.3 Å². The summed E-state index contributed by atoms with van der Waals surface area (Å²) >= 11 is 1.48. The number of sulfonamides is 1. The first kappa shape index (κ1) is 15.9. The van der Waals surface area contributed by atoms with Gasteiger partial charge in [-0.3, -0.25) is 0 Å². The van der Waals surface area contributed by atoms with E-state index in [0.717, 1.165) is 5.69 Å². The van der Waals surface area contributed by atoms with Gasteiger partial charge < -0.3 is 9.84 Å². The molecule has 0 aliphatic heterocycles. The molecule has 2 rings (SSSR count). The van der Waals surface area contributed by atoms with Gasteiger partial charge in [0.25, 0.3) is 0 Å². The van der Waals surface area contributed by atoms with Crippen molar-refractivity contribution in [1.29, 1.82) is 0 Å². The Balaban J connectivity index is 1.92. The lowest BCUT2D eigenvalue weighted by Gasteiger charge is -2.08. The number of thiazole rings is 1. The molecule has 0 aliphatic carbocycles. The lowest BCUT2D eigenvalue weighted by Crippen LogP contribution is -2.26. The van der Waals surface area contributed by atoms with Crippen molar-refractivity contribution in [3.63, 3.8) is 0 Å². The van der Waals surface area contributed by atoms with Crippen LogP contribution in [0.5, 0.6) is 5.75 Å². The normalized spacial score (nSPS) is 11.5. The molecule has 0 fully saturated rings. The molecule has 0 amide bonds. The lowest BCUT2D eigenvalue weighted by molar-refractivity contribution is 0.201. The first-order chi connectivity index (χ1) is 10.1. The van der Waals surface area contributed by atoms with E-state index >= 15 is 0 Å². The fraction of sp³-hybridized carbons (Fsp3) is 0.308. The molecule has 0 atom stereocenters. The zero-order valence-corrected chi connectivity index (χ0v) is 12.9. The molecule has 6 nitrogen and oxygen atoms in total. The summed E-state index contributed by atoms with van der Waals surface area (Å²) < 4.78 is 31.9. The van der Waals surface area contributed by atoms with Crippen molar-refractivity contribution in [2.45, 2.75) is 11.3 Å². The summed E-state index contributed by atoms with van der Waals surface area (Å²) in [5.41, 5.74) is 2.59. The molecular weight excluding hydrogens is 312 g/mol. The van der Waals surface area contributed by atoms with Crippen LogP contribution in [-0.2, 0) is 16.4 Å².